The molecule has 0 spiro atoms. The number of aryl methyl sites for hydroxylation is 1. The molecule has 0 aliphatic heterocycles. The van der Waals surface area contributed by atoms with Gasteiger partial charge in [-0.3, -0.25) is 9.59 Å². The van der Waals surface area contributed by atoms with E-state index in [1.54, 1.807) is 23.0 Å². The van der Waals surface area contributed by atoms with Gasteiger partial charge >= 0.3 is 0 Å². The highest BCUT2D eigenvalue weighted by molar-refractivity contribution is 7.07. The SMILES string of the molecule is CC(=O)Nc1ccc(C)c(NC(=O)c2cscn2)c1. The van der Waals surface area contributed by atoms with E-state index in [1.165, 1.54) is 18.3 Å². The molecule has 19 heavy (non-hydrogen) atoms. The minimum absolute atomic E-state index is 0.152. The Morgan fingerprint density at radius 1 is 1.26 bits per heavy atom. The first-order valence-electron chi connectivity index (χ1n) is 5.64. The van der Waals surface area contributed by atoms with Gasteiger partial charge in [0.1, 0.15) is 5.69 Å². The van der Waals surface area contributed by atoms with E-state index < -0.39 is 0 Å². The molecule has 5 nitrogen and oxygen atoms in total. The van der Waals surface area contributed by atoms with Gasteiger partial charge in [0, 0.05) is 23.7 Å². The standard InChI is InChI=1S/C13H13N3O2S/c1-8-3-4-10(15-9(2)17)5-11(8)16-13(18)12-6-19-7-14-12/h3-7H,1-2H3,(H,15,17)(H,16,18). The molecule has 0 unspecified atom stereocenters. The average Bonchev–Trinajstić information content (AvgIpc) is 2.86. The molecule has 1 aromatic carbocycles. The van der Waals surface area contributed by atoms with Crippen LogP contribution in [-0.2, 0) is 4.79 Å². The molecule has 0 bridgehead atoms. The van der Waals surface area contributed by atoms with Crippen LogP contribution in [0, 0.1) is 6.92 Å². The van der Waals surface area contributed by atoms with E-state index in [-0.39, 0.29) is 11.8 Å². The monoisotopic (exact) mass is 275 g/mol. The van der Waals surface area contributed by atoms with Gasteiger partial charge in [0.2, 0.25) is 5.91 Å². The fraction of sp³-hybridized carbons (Fsp3) is 0.154. The molecule has 98 valence electrons. The van der Waals surface area contributed by atoms with E-state index >= 15 is 0 Å². The molecule has 2 amide bonds. The number of hydrogen-bond acceptors (Lipinski definition) is 4. The van der Waals surface area contributed by atoms with E-state index in [4.69, 9.17) is 0 Å². The fourth-order valence-corrected chi connectivity index (χ4v) is 2.08. The highest BCUT2D eigenvalue weighted by Crippen LogP contribution is 2.21. The molecule has 0 fully saturated rings. The zero-order valence-electron chi connectivity index (χ0n) is 10.6. The normalized spacial score (nSPS) is 10.0. The summed E-state index contributed by atoms with van der Waals surface area (Å²) in [5.74, 6) is -0.412. The number of aromatic nitrogens is 1. The second-order valence-corrected chi connectivity index (χ2v) is 4.76. The summed E-state index contributed by atoms with van der Waals surface area (Å²) in [7, 11) is 0. The van der Waals surface area contributed by atoms with E-state index in [0.717, 1.165) is 5.56 Å². The van der Waals surface area contributed by atoms with Crippen molar-refractivity contribution in [2.24, 2.45) is 0 Å². The summed E-state index contributed by atoms with van der Waals surface area (Å²) in [4.78, 5) is 26.9. The molecule has 1 heterocycles. The van der Waals surface area contributed by atoms with Gasteiger partial charge in [-0.15, -0.1) is 11.3 Å². The zero-order chi connectivity index (χ0) is 13.8. The van der Waals surface area contributed by atoms with Crippen LogP contribution in [-0.4, -0.2) is 16.8 Å². The third-order valence-electron chi connectivity index (χ3n) is 2.47. The number of amides is 2. The Morgan fingerprint density at radius 3 is 2.68 bits per heavy atom. The van der Waals surface area contributed by atoms with Crippen LogP contribution in [0.25, 0.3) is 0 Å². The van der Waals surface area contributed by atoms with Crippen LogP contribution >= 0.6 is 11.3 Å². The average molecular weight is 275 g/mol. The first-order chi connectivity index (χ1) is 9.06. The smallest absolute Gasteiger partial charge is 0.275 e. The molecular formula is C13H13N3O2S. The second-order valence-electron chi connectivity index (χ2n) is 4.04. The maximum Gasteiger partial charge on any atom is 0.275 e. The summed E-state index contributed by atoms with van der Waals surface area (Å²) in [6.07, 6.45) is 0. The second kappa shape index (κ2) is 5.62. The molecule has 6 heteroatoms. The van der Waals surface area contributed by atoms with Crippen LogP contribution in [0.15, 0.2) is 29.1 Å². The van der Waals surface area contributed by atoms with Crippen molar-refractivity contribution in [2.45, 2.75) is 13.8 Å². The fourth-order valence-electron chi connectivity index (χ4n) is 1.55. The number of thiazole rings is 1. The highest BCUT2D eigenvalue weighted by atomic mass is 32.1. The van der Waals surface area contributed by atoms with Crippen molar-refractivity contribution < 1.29 is 9.59 Å². The molecule has 0 saturated heterocycles. The van der Waals surface area contributed by atoms with Crippen LogP contribution < -0.4 is 10.6 Å². The summed E-state index contributed by atoms with van der Waals surface area (Å²) >= 11 is 1.37. The van der Waals surface area contributed by atoms with E-state index in [1.807, 2.05) is 13.0 Å². The molecular weight excluding hydrogens is 262 g/mol. The molecule has 2 aromatic rings. The van der Waals surface area contributed by atoms with Gasteiger partial charge in [-0.2, -0.15) is 0 Å². The number of nitrogens with zero attached hydrogens (tertiary/aromatic N) is 1. The summed E-state index contributed by atoms with van der Waals surface area (Å²) in [6, 6.07) is 5.35. The van der Waals surface area contributed by atoms with Crippen molar-refractivity contribution in [1.29, 1.82) is 0 Å². The number of nitrogens with one attached hydrogen (secondary N) is 2. The van der Waals surface area contributed by atoms with E-state index in [2.05, 4.69) is 15.6 Å². The van der Waals surface area contributed by atoms with E-state index in [9.17, 15) is 9.59 Å². The molecule has 0 aliphatic carbocycles. The molecule has 0 aliphatic rings. The Bertz CT molecular complexity index is 608. The molecule has 1 aromatic heterocycles. The lowest BCUT2D eigenvalue weighted by Gasteiger charge is -2.10. The quantitative estimate of drug-likeness (QED) is 0.904. The molecule has 0 radical (unpaired) electrons. The topological polar surface area (TPSA) is 71.1 Å². The minimum atomic E-state index is -0.260. The van der Waals surface area contributed by atoms with Gasteiger partial charge in [0.25, 0.3) is 5.91 Å². The number of carbonyl (C=O) groups excluding carboxylic acids is 2. The van der Waals surface area contributed by atoms with Gasteiger partial charge < -0.3 is 10.6 Å². The number of rotatable bonds is 3. The molecule has 0 saturated carbocycles. The predicted octanol–water partition coefficient (Wildman–Crippen LogP) is 2.66. The first-order valence-corrected chi connectivity index (χ1v) is 6.58. The van der Waals surface area contributed by atoms with Crippen LogP contribution in [0.5, 0.6) is 0 Å². The van der Waals surface area contributed by atoms with Gasteiger partial charge in [0.15, 0.2) is 0 Å². The Morgan fingerprint density at radius 2 is 2.05 bits per heavy atom. The van der Waals surface area contributed by atoms with Crippen molar-refractivity contribution in [3.05, 3.63) is 40.3 Å². The number of hydrogen-bond donors (Lipinski definition) is 2. The van der Waals surface area contributed by atoms with Crippen molar-refractivity contribution in [2.75, 3.05) is 10.6 Å². The number of anilines is 2. The summed E-state index contributed by atoms with van der Waals surface area (Å²) < 4.78 is 0. The van der Waals surface area contributed by atoms with Crippen molar-refractivity contribution in [1.82, 2.24) is 4.98 Å². The number of benzene rings is 1. The van der Waals surface area contributed by atoms with Crippen molar-refractivity contribution in [3.8, 4) is 0 Å². The lowest BCUT2D eigenvalue weighted by molar-refractivity contribution is -0.114. The van der Waals surface area contributed by atoms with Gasteiger partial charge in [-0.25, -0.2) is 4.98 Å². The predicted molar refractivity (Wildman–Crippen MR) is 75.5 cm³/mol. The van der Waals surface area contributed by atoms with Crippen LogP contribution in [0.2, 0.25) is 0 Å². The molecule has 2 rings (SSSR count). The Kier molecular flexibility index (Phi) is 3.91. The van der Waals surface area contributed by atoms with Gasteiger partial charge in [0.05, 0.1) is 5.51 Å². The third-order valence-corrected chi connectivity index (χ3v) is 3.06. The summed E-state index contributed by atoms with van der Waals surface area (Å²) in [6.45, 7) is 3.32. The number of carbonyl (C=O) groups is 2. The van der Waals surface area contributed by atoms with Gasteiger partial charge in [-0.1, -0.05) is 6.07 Å². The lowest BCUT2D eigenvalue weighted by Crippen LogP contribution is -2.13. The lowest BCUT2D eigenvalue weighted by atomic mass is 10.1. The first kappa shape index (κ1) is 13.2. The molecule has 0 atom stereocenters. The van der Waals surface area contributed by atoms with Crippen LogP contribution in [0.4, 0.5) is 11.4 Å². The molecule has 2 N–H and O–H groups in total. The highest BCUT2D eigenvalue weighted by Gasteiger charge is 2.10. The Balaban J connectivity index is 2.19. The van der Waals surface area contributed by atoms with Crippen molar-refractivity contribution >= 4 is 34.5 Å². The third kappa shape index (κ3) is 3.38. The maximum absolute atomic E-state index is 11.9. The Labute approximate surface area is 114 Å². The largest absolute Gasteiger partial charge is 0.326 e. The van der Waals surface area contributed by atoms with Gasteiger partial charge in [-0.05, 0) is 24.6 Å². The maximum atomic E-state index is 11.9. The van der Waals surface area contributed by atoms with Crippen LogP contribution in [0.1, 0.15) is 23.0 Å². The summed E-state index contributed by atoms with van der Waals surface area (Å²) in [5.41, 5.74) is 4.21. The van der Waals surface area contributed by atoms with Crippen molar-refractivity contribution in [3.63, 3.8) is 0 Å². The van der Waals surface area contributed by atoms with E-state index in [0.29, 0.717) is 17.1 Å². The zero-order valence-corrected chi connectivity index (χ0v) is 11.4. The van der Waals surface area contributed by atoms with Crippen LogP contribution in [0.3, 0.4) is 0 Å². The minimum Gasteiger partial charge on any atom is -0.326 e. The summed E-state index contributed by atoms with van der Waals surface area (Å²) in [5, 5.41) is 7.14. The Hall–Kier alpha value is -2.21.